The lowest BCUT2D eigenvalue weighted by molar-refractivity contribution is 1.15. The summed E-state index contributed by atoms with van der Waals surface area (Å²) in [7, 11) is 0. The zero-order valence-corrected chi connectivity index (χ0v) is 15.5. The Morgan fingerprint density at radius 1 is 0.926 bits per heavy atom. The monoisotopic (exact) mass is 370 g/mol. The van der Waals surface area contributed by atoms with Gasteiger partial charge in [0.05, 0.1) is 5.69 Å². The van der Waals surface area contributed by atoms with E-state index in [-0.39, 0.29) is 0 Å². The Labute approximate surface area is 162 Å². The van der Waals surface area contributed by atoms with Crippen LogP contribution in [0.2, 0.25) is 0 Å². The predicted molar refractivity (Wildman–Crippen MR) is 113 cm³/mol. The first-order valence-corrected chi connectivity index (χ1v) is 9.50. The van der Waals surface area contributed by atoms with E-state index in [4.69, 9.17) is 4.98 Å². The summed E-state index contributed by atoms with van der Waals surface area (Å²) in [6.45, 7) is 4.40. The Balaban J connectivity index is 1.80. The van der Waals surface area contributed by atoms with Gasteiger partial charge in [-0.1, -0.05) is 42.5 Å². The molecular formula is C22H18N4S. The third kappa shape index (κ3) is 3.93. The summed E-state index contributed by atoms with van der Waals surface area (Å²) >= 11 is 1.70. The lowest BCUT2D eigenvalue weighted by Gasteiger charge is -2.10. The smallest absolute Gasteiger partial charge is 0.162 e. The molecular weight excluding hydrogens is 352 g/mol. The van der Waals surface area contributed by atoms with Gasteiger partial charge in [0.25, 0.3) is 0 Å². The van der Waals surface area contributed by atoms with Crippen LogP contribution < -0.4 is 5.32 Å². The summed E-state index contributed by atoms with van der Waals surface area (Å²) in [6, 6.07) is 18.2. The summed E-state index contributed by atoms with van der Waals surface area (Å²) in [5.74, 6) is 1.45. The summed E-state index contributed by atoms with van der Waals surface area (Å²) in [5, 5.41) is 5.34. The van der Waals surface area contributed by atoms with Gasteiger partial charge in [0.15, 0.2) is 5.82 Å². The maximum absolute atomic E-state index is 4.79. The molecule has 0 aliphatic heterocycles. The molecule has 4 aromatic rings. The number of nitrogens with zero attached hydrogens (tertiary/aromatic N) is 3. The van der Waals surface area contributed by atoms with Crippen LogP contribution in [0.4, 0.5) is 5.82 Å². The summed E-state index contributed by atoms with van der Waals surface area (Å²) in [5.41, 5.74) is 3.86. The number of nitrogens with one attached hydrogen (secondary N) is 1. The van der Waals surface area contributed by atoms with Crippen LogP contribution in [0.3, 0.4) is 0 Å². The average Bonchev–Trinajstić information content (AvgIpc) is 3.28. The molecule has 0 atom stereocenters. The van der Waals surface area contributed by atoms with Crippen LogP contribution in [0.5, 0.6) is 0 Å². The van der Waals surface area contributed by atoms with E-state index in [1.54, 1.807) is 11.3 Å². The van der Waals surface area contributed by atoms with Gasteiger partial charge < -0.3 is 5.32 Å². The first-order chi connectivity index (χ1) is 13.3. The van der Waals surface area contributed by atoms with Crippen molar-refractivity contribution in [1.29, 1.82) is 0 Å². The van der Waals surface area contributed by atoms with E-state index in [1.807, 2.05) is 60.9 Å². The number of hydrogen-bond donors (Lipinski definition) is 1. The quantitative estimate of drug-likeness (QED) is 0.453. The number of anilines is 1. The molecule has 27 heavy (non-hydrogen) atoms. The van der Waals surface area contributed by atoms with Crippen molar-refractivity contribution in [3.63, 3.8) is 0 Å². The minimum atomic E-state index is 0.637. The second kappa shape index (κ2) is 7.93. The van der Waals surface area contributed by atoms with Crippen molar-refractivity contribution in [3.8, 4) is 33.1 Å². The van der Waals surface area contributed by atoms with Gasteiger partial charge in [0.2, 0.25) is 0 Å². The zero-order chi connectivity index (χ0) is 18.5. The maximum atomic E-state index is 4.79. The molecule has 3 heterocycles. The minimum absolute atomic E-state index is 0.637. The van der Waals surface area contributed by atoms with Crippen molar-refractivity contribution in [2.75, 3.05) is 11.9 Å². The first-order valence-electron chi connectivity index (χ1n) is 8.62. The van der Waals surface area contributed by atoms with Gasteiger partial charge in [0.1, 0.15) is 5.82 Å². The van der Waals surface area contributed by atoms with Crippen LogP contribution in [0, 0.1) is 0 Å². The second-order valence-electron chi connectivity index (χ2n) is 5.94. The van der Waals surface area contributed by atoms with Gasteiger partial charge in [-0.3, -0.25) is 4.98 Å². The molecule has 132 valence electrons. The number of aromatic nitrogens is 3. The molecule has 0 unspecified atom stereocenters. The lowest BCUT2D eigenvalue weighted by Crippen LogP contribution is -2.03. The number of thiophene rings is 1. The minimum Gasteiger partial charge on any atom is -0.366 e. The van der Waals surface area contributed by atoms with Gasteiger partial charge in [-0.25, -0.2) is 9.97 Å². The Morgan fingerprint density at radius 2 is 1.78 bits per heavy atom. The van der Waals surface area contributed by atoms with Gasteiger partial charge in [0, 0.05) is 46.6 Å². The van der Waals surface area contributed by atoms with Gasteiger partial charge in [-0.2, -0.15) is 0 Å². The Hall–Kier alpha value is -3.31. The van der Waals surface area contributed by atoms with Crippen molar-refractivity contribution in [2.45, 2.75) is 0 Å². The van der Waals surface area contributed by atoms with Crippen LogP contribution in [0.25, 0.3) is 33.1 Å². The SMILES string of the molecule is C=CCNc1cc(-c2cncc(-c3cccs3)c2)nc(-c2ccccc2)n1. The van der Waals surface area contributed by atoms with Crippen molar-refractivity contribution in [3.05, 3.63) is 85.0 Å². The Morgan fingerprint density at radius 3 is 2.56 bits per heavy atom. The second-order valence-corrected chi connectivity index (χ2v) is 6.88. The van der Waals surface area contributed by atoms with E-state index in [1.165, 1.54) is 4.88 Å². The molecule has 0 spiro atoms. The van der Waals surface area contributed by atoms with Crippen LogP contribution >= 0.6 is 11.3 Å². The highest BCUT2D eigenvalue weighted by Gasteiger charge is 2.10. The van der Waals surface area contributed by atoms with Crippen LogP contribution in [0.15, 0.2) is 85.0 Å². The molecule has 5 heteroatoms. The third-order valence-electron chi connectivity index (χ3n) is 4.03. The Kier molecular flexibility index (Phi) is 5.03. The standard InChI is InChI=1S/C22H18N4S/c1-2-10-24-21-13-19(25-22(26-21)16-7-4-3-5-8-16)17-12-18(15-23-14-17)20-9-6-11-27-20/h2-9,11-15H,1,10H2,(H,24,25,26). The summed E-state index contributed by atoms with van der Waals surface area (Å²) < 4.78 is 0. The van der Waals surface area contributed by atoms with Crippen LogP contribution in [-0.2, 0) is 0 Å². The van der Waals surface area contributed by atoms with Crippen molar-refractivity contribution < 1.29 is 0 Å². The number of hydrogen-bond acceptors (Lipinski definition) is 5. The van der Waals surface area contributed by atoms with Gasteiger partial charge >= 0.3 is 0 Å². The summed E-state index contributed by atoms with van der Waals surface area (Å²) in [4.78, 5) is 15.0. The topological polar surface area (TPSA) is 50.7 Å². The van der Waals surface area contributed by atoms with E-state index in [9.17, 15) is 0 Å². The third-order valence-corrected chi connectivity index (χ3v) is 4.94. The number of rotatable bonds is 6. The molecule has 0 radical (unpaired) electrons. The molecule has 3 aromatic heterocycles. The Bertz CT molecular complexity index is 1040. The molecule has 4 nitrogen and oxygen atoms in total. The number of benzene rings is 1. The zero-order valence-electron chi connectivity index (χ0n) is 14.7. The fourth-order valence-electron chi connectivity index (χ4n) is 2.74. The highest BCUT2D eigenvalue weighted by atomic mass is 32.1. The highest BCUT2D eigenvalue weighted by molar-refractivity contribution is 7.13. The molecule has 0 saturated heterocycles. The maximum Gasteiger partial charge on any atom is 0.162 e. The molecule has 0 saturated carbocycles. The fourth-order valence-corrected chi connectivity index (χ4v) is 3.44. The molecule has 1 N–H and O–H groups in total. The molecule has 4 rings (SSSR count). The van der Waals surface area contributed by atoms with Gasteiger partial charge in [-0.05, 0) is 17.5 Å². The molecule has 0 fully saturated rings. The van der Waals surface area contributed by atoms with E-state index < -0.39 is 0 Å². The number of pyridine rings is 1. The van der Waals surface area contributed by atoms with Crippen LogP contribution in [-0.4, -0.2) is 21.5 Å². The van der Waals surface area contributed by atoms with E-state index in [2.05, 4.69) is 39.4 Å². The molecule has 0 bridgehead atoms. The molecule has 1 aromatic carbocycles. The highest BCUT2D eigenvalue weighted by Crippen LogP contribution is 2.29. The predicted octanol–water partition coefficient (Wildman–Crippen LogP) is 5.53. The van der Waals surface area contributed by atoms with Crippen molar-refractivity contribution in [1.82, 2.24) is 15.0 Å². The fraction of sp³-hybridized carbons (Fsp3) is 0.0455. The van der Waals surface area contributed by atoms with Crippen molar-refractivity contribution in [2.24, 2.45) is 0 Å². The molecule has 0 aliphatic rings. The normalized spacial score (nSPS) is 10.5. The summed E-state index contributed by atoms with van der Waals surface area (Å²) in [6.07, 6.45) is 5.53. The van der Waals surface area contributed by atoms with E-state index in [0.29, 0.717) is 12.4 Å². The molecule has 0 aliphatic carbocycles. The van der Waals surface area contributed by atoms with Crippen LogP contribution in [0.1, 0.15) is 0 Å². The average molecular weight is 370 g/mol. The lowest BCUT2D eigenvalue weighted by atomic mass is 10.1. The van der Waals surface area contributed by atoms with Gasteiger partial charge in [-0.15, -0.1) is 17.9 Å². The van der Waals surface area contributed by atoms with E-state index >= 15 is 0 Å². The first kappa shape index (κ1) is 17.1. The molecule has 0 amide bonds. The van der Waals surface area contributed by atoms with Crippen molar-refractivity contribution >= 4 is 17.2 Å². The van der Waals surface area contributed by atoms with E-state index in [0.717, 1.165) is 28.2 Å². The largest absolute Gasteiger partial charge is 0.366 e.